The number of hydrogen-bond donors (Lipinski definition) is 1. The van der Waals surface area contributed by atoms with Crippen LogP contribution in [0.3, 0.4) is 0 Å². The van der Waals surface area contributed by atoms with Crippen LogP contribution in [0.5, 0.6) is 0 Å². The van der Waals surface area contributed by atoms with Gasteiger partial charge >= 0.3 is 0 Å². The summed E-state index contributed by atoms with van der Waals surface area (Å²) in [7, 11) is 0. The highest BCUT2D eigenvalue weighted by Gasteiger charge is 2.24. The van der Waals surface area contributed by atoms with E-state index in [1.165, 1.54) is 30.1 Å². The molecule has 4 heteroatoms. The maximum atomic E-state index is 10.1. The van der Waals surface area contributed by atoms with Crippen molar-refractivity contribution >= 4 is 23.3 Å². The predicted octanol–water partition coefficient (Wildman–Crippen LogP) is 2.77. The molecule has 1 saturated heterocycles. The molecule has 1 fully saturated rings. The molecule has 2 rings (SSSR count). The van der Waals surface area contributed by atoms with Crippen LogP contribution in [0.2, 0.25) is 0 Å². The minimum absolute atomic E-state index is 0.300. The molecule has 78 valence electrons. The third-order valence-electron chi connectivity index (χ3n) is 2.50. The lowest BCUT2D eigenvalue weighted by Crippen LogP contribution is -2.18. The fourth-order valence-corrected chi connectivity index (χ4v) is 3.94. The average Bonchev–Trinajstić information content (AvgIpc) is 2.65. The molecular formula is C10H15NOS2. The van der Waals surface area contributed by atoms with Crippen molar-refractivity contribution in [1.82, 2.24) is 4.37 Å². The van der Waals surface area contributed by atoms with Gasteiger partial charge in [-0.15, -0.1) is 0 Å². The first kappa shape index (κ1) is 10.5. The summed E-state index contributed by atoms with van der Waals surface area (Å²) >= 11 is 3.34. The number of rotatable bonds is 2. The Hall–Kier alpha value is -0.0600. The molecule has 0 bridgehead atoms. The zero-order valence-electron chi connectivity index (χ0n) is 8.27. The second kappa shape index (κ2) is 4.64. The van der Waals surface area contributed by atoms with E-state index in [4.69, 9.17) is 0 Å². The Labute approximate surface area is 92.9 Å². The molecule has 1 aliphatic heterocycles. The van der Waals surface area contributed by atoms with Gasteiger partial charge in [0.25, 0.3) is 0 Å². The fraction of sp³-hybridized carbons (Fsp3) is 0.700. The minimum Gasteiger partial charge on any atom is -0.386 e. The van der Waals surface area contributed by atoms with Gasteiger partial charge in [-0.3, -0.25) is 0 Å². The molecule has 0 radical (unpaired) electrons. The highest BCUT2D eigenvalue weighted by Crippen LogP contribution is 2.35. The largest absolute Gasteiger partial charge is 0.386 e. The van der Waals surface area contributed by atoms with Crippen LogP contribution >= 0.6 is 23.3 Å². The number of aliphatic hydroxyl groups is 1. The van der Waals surface area contributed by atoms with Crippen LogP contribution in [0.25, 0.3) is 0 Å². The maximum absolute atomic E-state index is 10.1. The monoisotopic (exact) mass is 229 g/mol. The van der Waals surface area contributed by atoms with Gasteiger partial charge in [-0.2, -0.15) is 16.1 Å². The summed E-state index contributed by atoms with van der Waals surface area (Å²) in [6.45, 7) is 1.97. The van der Waals surface area contributed by atoms with Crippen LogP contribution in [0.4, 0.5) is 0 Å². The summed E-state index contributed by atoms with van der Waals surface area (Å²) in [5.74, 6) is 1.19. The minimum atomic E-state index is -0.300. The van der Waals surface area contributed by atoms with E-state index in [1.807, 2.05) is 24.8 Å². The van der Waals surface area contributed by atoms with Gasteiger partial charge in [0.05, 0.1) is 10.6 Å². The van der Waals surface area contributed by atoms with E-state index in [0.717, 1.165) is 17.0 Å². The van der Waals surface area contributed by atoms with E-state index < -0.39 is 0 Å². The summed E-state index contributed by atoms with van der Waals surface area (Å²) in [6.07, 6.45) is 3.40. The Balaban J connectivity index is 2.03. The Kier molecular flexibility index (Phi) is 3.47. The Morgan fingerprint density at radius 1 is 1.57 bits per heavy atom. The van der Waals surface area contributed by atoms with Gasteiger partial charge in [0, 0.05) is 5.25 Å². The molecule has 14 heavy (non-hydrogen) atoms. The lowest BCUT2D eigenvalue weighted by atomic mass is 10.1. The second-order valence-corrected chi connectivity index (χ2v) is 5.90. The van der Waals surface area contributed by atoms with Crippen LogP contribution in [-0.2, 0) is 0 Å². The number of aryl methyl sites for hydroxylation is 1. The molecule has 1 aliphatic rings. The third-order valence-corrected chi connectivity index (χ3v) is 4.90. The smallest absolute Gasteiger partial charge is 0.102 e. The van der Waals surface area contributed by atoms with Crippen molar-refractivity contribution in [2.45, 2.75) is 37.5 Å². The summed E-state index contributed by atoms with van der Waals surface area (Å²) in [5.41, 5.74) is 1.02. The molecule has 2 heterocycles. The van der Waals surface area contributed by atoms with E-state index in [2.05, 4.69) is 4.37 Å². The van der Waals surface area contributed by atoms with E-state index in [0.29, 0.717) is 5.25 Å². The maximum Gasteiger partial charge on any atom is 0.102 e. The predicted molar refractivity (Wildman–Crippen MR) is 61.9 cm³/mol. The first-order valence-corrected chi connectivity index (χ1v) is 6.82. The van der Waals surface area contributed by atoms with Crippen molar-refractivity contribution in [2.75, 3.05) is 5.75 Å². The standard InChI is InChI=1S/C10H15NOS2/c1-7-6-9(14-11-7)10(12)8-4-2-3-5-13-8/h6,8,10,12H,2-5H2,1H3. The van der Waals surface area contributed by atoms with Crippen molar-refractivity contribution in [1.29, 1.82) is 0 Å². The van der Waals surface area contributed by atoms with Gasteiger partial charge in [-0.25, -0.2) is 0 Å². The second-order valence-electron chi connectivity index (χ2n) is 3.72. The molecule has 0 aliphatic carbocycles. The highest BCUT2D eigenvalue weighted by atomic mass is 32.2. The number of aromatic nitrogens is 1. The molecule has 1 N–H and O–H groups in total. The topological polar surface area (TPSA) is 33.1 Å². The van der Waals surface area contributed by atoms with Gasteiger partial charge in [0.15, 0.2) is 0 Å². The summed E-state index contributed by atoms with van der Waals surface area (Å²) in [6, 6.07) is 2.00. The first-order valence-electron chi connectivity index (χ1n) is 5.00. The quantitative estimate of drug-likeness (QED) is 0.846. The van der Waals surface area contributed by atoms with Gasteiger partial charge in [-0.05, 0) is 43.1 Å². The van der Waals surface area contributed by atoms with Gasteiger partial charge in [0.2, 0.25) is 0 Å². The normalized spacial score (nSPS) is 24.9. The molecule has 1 aromatic rings. The fourth-order valence-electron chi connectivity index (χ4n) is 1.72. The zero-order valence-corrected chi connectivity index (χ0v) is 9.90. The van der Waals surface area contributed by atoms with E-state index in [-0.39, 0.29) is 6.10 Å². The highest BCUT2D eigenvalue weighted by molar-refractivity contribution is 8.00. The van der Waals surface area contributed by atoms with Gasteiger partial charge in [-0.1, -0.05) is 6.42 Å². The molecule has 0 amide bonds. The lowest BCUT2D eigenvalue weighted by molar-refractivity contribution is 0.172. The molecular weight excluding hydrogens is 214 g/mol. The molecule has 0 aromatic carbocycles. The Morgan fingerprint density at radius 2 is 2.43 bits per heavy atom. The SMILES string of the molecule is Cc1cc(C(O)C2CCCCS2)sn1. The van der Waals surface area contributed by atoms with E-state index in [1.54, 1.807) is 0 Å². The van der Waals surface area contributed by atoms with Crippen LogP contribution in [-0.4, -0.2) is 20.5 Å². The zero-order chi connectivity index (χ0) is 9.97. The Bertz CT molecular complexity index is 294. The molecule has 0 saturated carbocycles. The number of nitrogens with zero attached hydrogens (tertiary/aromatic N) is 1. The summed E-state index contributed by atoms with van der Waals surface area (Å²) in [5, 5.41) is 10.5. The Morgan fingerprint density at radius 3 is 3.00 bits per heavy atom. The van der Waals surface area contributed by atoms with Crippen molar-refractivity contribution < 1.29 is 5.11 Å². The molecule has 0 spiro atoms. The average molecular weight is 229 g/mol. The molecule has 2 nitrogen and oxygen atoms in total. The molecule has 2 atom stereocenters. The molecule has 2 unspecified atom stereocenters. The van der Waals surface area contributed by atoms with Crippen molar-refractivity contribution in [3.05, 3.63) is 16.6 Å². The number of thioether (sulfide) groups is 1. The lowest BCUT2D eigenvalue weighted by Gasteiger charge is -2.25. The summed E-state index contributed by atoms with van der Waals surface area (Å²) in [4.78, 5) is 1.03. The number of hydrogen-bond acceptors (Lipinski definition) is 4. The van der Waals surface area contributed by atoms with Crippen molar-refractivity contribution in [3.8, 4) is 0 Å². The van der Waals surface area contributed by atoms with Gasteiger partial charge in [0.1, 0.15) is 6.10 Å². The third kappa shape index (κ3) is 2.30. The van der Waals surface area contributed by atoms with Crippen LogP contribution in [0.1, 0.15) is 35.9 Å². The van der Waals surface area contributed by atoms with Crippen LogP contribution in [0.15, 0.2) is 6.07 Å². The van der Waals surface area contributed by atoms with Crippen LogP contribution < -0.4 is 0 Å². The molecule has 1 aromatic heterocycles. The van der Waals surface area contributed by atoms with E-state index in [9.17, 15) is 5.11 Å². The van der Waals surface area contributed by atoms with Crippen molar-refractivity contribution in [3.63, 3.8) is 0 Å². The number of aliphatic hydroxyl groups excluding tert-OH is 1. The van der Waals surface area contributed by atoms with Gasteiger partial charge < -0.3 is 5.11 Å². The van der Waals surface area contributed by atoms with Crippen molar-refractivity contribution in [2.24, 2.45) is 0 Å². The van der Waals surface area contributed by atoms with Crippen LogP contribution in [0, 0.1) is 6.92 Å². The first-order chi connectivity index (χ1) is 6.77. The van der Waals surface area contributed by atoms with E-state index >= 15 is 0 Å². The summed E-state index contributed by atoms with van der Waals surface area (Å²) < 4.78 is 4.20.